The predicted octanol–water partition coefficient (Wildman–Crippen LogP) is 5.23. The molecule has 1 atom stereocenters. The van der Waals surface area contributed by atoms with Crippen LogP contribution in [0.25, 0.3) is 0 Å². The van der Waals surface area contributed by atoms with Gasteiger partial charge in [0.05, 0.1) is 17.2 Å². The second-order valence-corrected chi connectivity index (χ2v) is 11.8. The van der Waals surface area contributed by atoms with Crippen LogP contribution in [0, 0.1) is 13.8 Å². The van der Waals surface area contributed by atoms with E-state index in [1.54, 1.807) is 36.4 Å². The molecule has 0 saturated carbocycles. The summed E-state index contributed by atoms with van der Waals surface area (Å²) in [7, 11) is -4.18. The summed E-state index contributed by atoms with van der Waals surface area (Å²) in [6.07, 6.45) is 1.12. The molecular formula is C32H41N3O5S. The van der Waals surface area contributed by atoms with Crippen molar-refractivity contribution in [3.8, 4) is 5.75 Å². The molecule has 220 valence electrons. The summed E-state index contributed by atoms with van der Waals surface area (Å²) in [6.45, 7) is 9.91. The predicted molar refractivity (Wildman–Crippen MR) is 162 cm³/mol. The van der Waals surface area contributed by atoms with Crippen LogP contribution >= 0.6 is 0 Å². The molecule has 0 fully saturated rings. The van der Waals surface area contributed by atoms with E-state index in [0.717, 1.165) is 27.4 Å². The fraction of sp³-hybridized carbons (Fsp3) is 0.375. The zero-order chi connectivity index (χ0) is 30.0. The van der Waals surface area contributed by atoms with Gasteiger partial charge in [0.15, 0.2) is 0 Å². The van der Waals surface area contributed by atoms with E-state index in [2.05, 4.69) is 5.32 Å². The summed E-state index contributed by atoms with van der Waals surface area (Å²) in [4.78, 5) is 28.9. The number of carbonyl (C=O) groups is 2. The van der Waals surface area contributed by atoms with Gasteiger partial charge in [-0.2, -0.15) is 0 Å². The number of hydrogen-bond donors (Lipinski definition) is 1. The molecule has 1 N–H and O–H groups in total. The van der Waals surface area contributed by atoms with E-state index in [9.17, 15) is 18.0 Å². The van der Waals surface area contributed by atoms with E-state index in [0.29, 0.717) is 25.3 Å². The summed E-state index contributed by atoms with van der Waals surface area (Å²) in [5.74, 6) is -0.417. The summed E-state index contributed by atoms with van der Waals surface area (Å²) < 4.78 is 35.0. The van der Waals surface area contributed by atoms with Crippen molar-refractivity contribution in [1.29, 1.82) is 0 Å². The van der Waals surface area contributed by atoms with Crippen LogP contribution < -0.4 is 14.4 Å². The average Bonchev–Trinajstić information content (AvgIpc) is 2.96. The van der Waals surface area contributed by atoms with E-state index in [1.807, 2.05) is 58.9 Å². The van der Waals surface area contributed by atoms with Gasteiger partial charge in [0.25, 0.3) is 10.0 Å². The molecule has 0 aliphatic heterocycles. The minimum atomic E-state index is -4.18. The largest absolute Gasteiger partial charge is 0.492 e. The monoisotopic (exact) mass is 579 g/mol. The number of nitrogens with one attached hydrogen (secondary N) is 1. The highest BCUT2D eigenvalue weighted by atomic mass is 32.2. The number of nitrogens with zero attached hydrogens (tertiary/aromatic N) is 2. The highest BCUT2D eigenvalue weighted by Crippen LogP contribution is 2.33. The Morgan fingerprint density at radius 3 is 2.07 bits per heavy atom. The number of amides is 2. The normalized spacial score (nSPS) is 11.9. The first-order valence-electron chi connectivity index (χ1n) is 14.1. The Kier molecular flexibility index (Phi) is 11.3. The standard InChI is InChI=1S/C32H41N3O5S/c1-6-21-33-32(37)28(7-2)34(22-26-17-13-24(4)14-18-26)31(36)23-35(29-11-9-10-12-30(29)40-8-3)41(38,39)27-19-15-25(5)16-20-27/h9-20,28H,6-8,21-23H2,1-5H3,(H,33,37). The Morgan fingerprint density at radius 2 is 1.49 bits per heavy atom. The van der Waals surface area contributed by atoms with E-state index in [1.165, 1.54) is 17.0 Å². The molecule has 9 heteroatoms. The first kappa shape index (κ1) is 31.7. The number of rotatable bonds is 14. The number of aryl methyl sites for hydroxylation is 2. The van der Waals surface area contributed by atoms with Gasteiger partial charge in [-0.25, -0.2) is 8.42 Å². The summed E-state index contributed by atoms with van der Waals surface area (Å²) in [5, 5.41) is 2.90. The second-order valence-electron chi connectivity index (χ2n) is 9.95. The van der Waals surface area contributed by atoms with Crippen molar-refractivity contribution in [3.05, 3.63) is 89.5 Å². The zero-order valence-corrected chi connectivity index (χ0v) is 25.4. The lowest BCUT2D eigenvalue weighted by molar-refractivity contribution is -0.140. The topological polar surface area (TPSA) is 96.0 Å². The second kappa shape index (κ2) is 14.7. The van der Waals surface area contributed by atoms with E-state index in [-0.39, 0.29) is 23.0 Å². The van der Waals surface area contributed by atoms with Crippen molar-refractivity contribution >= 4 is 27.5 Å². The number of carbonyl (C=O) groups excluding carboxylic acids is 2. The highest BCUT2D eigenvalue weighted by Gasteiger charge is 2.34. The lowest BCUT2D eigenvalue weighted by Crippen LogP contribution is -2.52. The number of para-hydroxylation sites is 2. The molecule has 0 heterocycles. The number of sulfonamides is 1. The maximum absolute atomic E-state index is 14.2. The SMILES string of the molecule is CCCNC(=O)C(CC)N(Cc1ccc(C)cc1)C(=O)CN(c1ccccc1OCC)S(=O)(=O)c1ccc(C)cc1. The summed E-state index contributed by atoms with van der Waals surface area (Å²) in [6, 6.07) is 20.2. The molecule has 3 aromatic rings. The van der Waals surface area contributed by atoms with E-state index in [4.69, 9.17) is 4.74 Å². The highest BCUT2D eigenvalue weighted by molar-refractivity contribution is 7.92. The molecule has 0 spiro atoms. The molecule has 8 nitrogen and oxygen atoms in total. The molecule has 0 bridgehead atoms. The number of ether oxygens (including phenoxy) is 1. The van der Waals surface area contributed by atoms with Crippen molar-refractivity contribution in [2.75, 3.05) is 24.0 Å². The molecule has 1 unspecified atom stereocenters. The average molecular weight is 580 g/mol. The maximum atomic E-state index is 14.2. The Hall–Kier alpha value is -3.85. The number of hydrogen-bond acceptors (Lipinski definition) is 5. The molecule has 0 saturated heterocycles. The van der Waals surface area contributed by atoms with Crippen LogP contribution in [0.15, 0.2) is 77.7 Å². The fourth-order valence-electron chi connectivity index (χ4n) is 4.47. The summed E-state index contributed by atoms with van der Waals surface area (Å²) >= 11 is 0. The van der Waals surface area contributed by atoms with Gasteiger partial charge in [-0.05, 0) is 63.4 Å². The Bertz CT molecular complexity index is 1410. The van der Waals surface area contributed by atoms with Gasteiger partial charge in [0.1, 0.15) is 18.3 Å². The fourth-order valence-corrected chi connectivity index (χ4v) is 5.89. The molecule has 3 rings (SSSR count). The zero-order valence-electron chi connectivity index (χ0n) is 24.6. The number of anilines is 1. The quantitative estimate of drug-likeness (QED) is 0.282. The van der Waals surface area contributed by atoms with Gasteiger partial charge < -0.3 is 15.0 Å². The maximum Gasteiger partial charge on any atom is 0.264 e. The van der Waals surface area contributed by atoms with E-state index >= 15 is 0 Å². The number of benzene rings is 3. The van der Waals surface area contributed by atoms with Crippen molar-refractivity contribution < 1.29 is 22.7 Å². The molecule has 0 radical (unpaired) electrons. The van der Waals surface area contributed by atoms with Gasteiger partial charge in [-0.15, -0.1) is 0 Å². The lowest BCUT2D eigenvalue weighted by Gasteiger charge is -2.33. The molecule has 0 aliphatic rings. The minimum absolute atomic E-state index is 0.0556. The Labute approximate surface area is 244 Å². The van der Waals surface area contributed by atoms with Crippen molar-refractivity contribution in [1.82, 2.24) is 10.2 Å². The Balaban J connectivity index is 2.09. The van der Waals surface area contributed by atoms with Gasteiger partial charge in [-0.3, -0.25) is 13.9 Å². The third-order valence-corrected chi connectivity index (χ3v) is 8.50. The van der Waals surface area contributed by atoms with Crippen LogP contribution in [0.3, 0.4) is 0 Å². The van der Waals surface area contributed by atoms with Gasteiger partial charge in [0.2, 0.25) is 11.8 Å². The van der Waals surface area contributed by atoms with Crippen molar-refractivity contribution in [2.45, 2.75) is 64.9 Å². The molecule has 2 amide bonds. The molecule has 3 aromatic carbocycles. The summed E-state index contributed by atoms with van der Waals surface area (Å²) in [5.41, 5.74) is 3.08. The van der Waals surface area contributed by atoms with Crippen LogP contribution in [0.2, 0.25) is 0 Å². The lowest BCUT2D eigenvalue weighted by atomic mass is 10.1. The first-order valence-corrected chi connectivity index (χ1v) is 15.5. The van der Waals surface area contributed by atoms with Crippen molar-refractivity contribution in [3.63, 3.8) is 0 Å². The van der Waals surface area contributed by atoms with Gasteiger partial charge in [-0.1, -0.05) is 73.5 Å². The molecular weight excluding hydrogens is 538 g/mol. The molecule has 41 heavy (non-hydrogen) atoms. The van der Waals surface area contributed by atoms with Crippen LogP contribution in [0.5, 0.6) is 5.75 Å². The molecule has 0 aromatic heterocycles. The van der Waals surface area contributed by atoms with Crippen molar-refractivity contribution in [2.24, 2.45) is 0 Å². The smallest absolute Gasteiger partial charge is 0.264 e. The van der Waals surface area contributed by atoms with Crippen LogP contribution in [-0.2, 0) is 26.2 Å². The van der Waals surface area contributed by atoms with Crippen LogP contribution in [0.1, 0.15) is 50.3 Å². The van der Waals surface area contributed by atoms with E-state index < -0.39 is 28.5 Å². The first-order chi connectivity index (χ1) is 19.6. The van der Waals surface area contributed by atoms with Crippen LogP contribution in [0.4, 0.5) is 5.69 Å². The minimum Gasteiger partial charge on any atom is -0.492 e. The Morgan fingerprint density at radius 1 is 0.878 bits per heavy atom. The van der Waals surface area contributed by atoms with Gasteiger partial charge in [0, 0.05) is 13.1 Å². The third-order valence-electron chi connectivity index (χ3n) is 6.73. The van der Waals surface area contributed by atoms with Gasteiger partial charge >= 0.3 is 0 Å². The van der Waals surface area contributed by atoms with Crippen LogP contribution in [-0.4, -0.2) is 50.9 Å². The third kappa shape index (κ3) is 8.10. The molecule has 0 aliphatic carbocycles.